The molecule has 1 heterocycles. The molecule has 3 N–H and O–H groups in total. The van der Waals surface area contributed by atoms with Crippen LogP contribution in [0.3, 0.4) is 0 Å². The zero-order valence-electron chi connectivity index (χ0n) is 11.7. The van der Waals surface area contributed by atoms with E-state index in [-0.39, 0.29) is 10.9 Å². The van der Waals surface area contributed by atoms with E-state index >= 15 is 0 Å². The second-order valence-electron chi connectivity index (χ2n) is 5.26. The molecule has 0 fully saturated rings. The summed E-state index contributed by atoms with van der Waals surface area (Å²) >= 11 is 0. The number of sulfonamides is 1. The summed E-state index contributed by atoms with van der Waals surface area (Å²) in [5.41, 5.74) is 3.71. The predicted molar refractivity (Wildman–Crippen MR) is 81.5 cm³/mol. The molecule has 3 rings (SSSR count). The largest absolute Gasteiger partial charge is 0.376 e. The molecule has 0 amide bonds. The Hall–Kier alpha value is -1.92. The molecule has 21 heavy (non-hydrogen) atoms. The number of hydrogen-bond acceptors (Lipinski definition) is 4. The predicted octanol–water partition coefficient (Wildman–Crippen LogP) is 2.14. The Morgan fingerprint density at radius 1 is 1.29 bits per heavy atom. The van der Waals surface area contributed by atoms with Crippen molar-refractivity contribution in [1.82, 2.24) is 4.98 Å². The van der Waals surface area contributed by atoms with Crippen LogP contribution < -0.4 is 10.5 Å². The molecular weight excluding hydrogens is 286 g/mol. The summed E-state index contributed by atoms with van der Waals surface area (Å²) in [7, 11) is -3.71. The summed E-state index contributed by atoms with van der Waals surface area (Å²) in [6.07, 6.45) is 3.71. The molecule has 1 atom stereocenters. The minimum absolute atomic E-state index is 0.107. The highest BCUT2D eigenvalue weighted by molar-refractivity contribution is 7.89. The number of primary sulfonamides is 1. The Balaban J connectivity index is 1.94. The average molecular weight is 303 g/mol. The number of benzene rings is 1. The molecule has 0 radical (unpaired) electrons. The molecule has 0 bridgehead atoms. The maximum absolute atomic E-state index is 11.6. The highest BCUT2D eigenvalue weighted by atomic mass is 32.2. The summed E-state index contributed by atoms with van der Waals surface area (Å²) in [5.74, 6) is 0. The molecule has 0 saturated carbocycles. The van der Waals surface area contributed by atoms with Crippen LogP contribution in [0.25, 0.3) is 0 Å². The van der Waals surface area contributed by atoms with E-state index in [9.17, 15) is 8.42 Å². The van der Waals surface area contributed by atoms with Crippen molar-refractivity contribution < 1.29 is 8.42 Å². The first-order chi connectivity index (χ1) is 9.97. The molecule has 0 saturated heterocycles. The summed E-state index contributed by atoms with van der Waals surface area (Å²) < 4.78 is 23.2. The van der Waals surface area contributed by atoms with Crippen LogP contribution in [-0.4, -0.2) is 13.4 Å². The van der Waals surface area contributed by atoms with Gasteiger partial charge in [0.15, 0.2) is 0 Å². The number of nitrogens with two attached hydrogens (primary N) is 1. The maximum Gasteiger partial charge on any atom is 0.238 e. The van der Waals surface area contributed by atoms with Gasteiger partial charge in [-0.15, -0.1) is 0 Å². The molecule has 1 aromatic carbocycles. The fourth-order valence-corrected chi connectivity index (χ4v) is 3.62. The van der Waals surface area contributed by atoms with E-state index in [1.54, 1.807) is 19.2 Å². The molecule has 1 aliphatic carbocycles. The summed E-state index contributed by atoms with van der Waals surface area (Å²) in [4.78, 5) is 4.59. The Morgan fingerprint density at radius 2 is 2.10 bits per heavy atom. The first kappa shape index (κ1) is 14.0. The highest BCUT2D eigenvalue weighted by Gasteiger charge is 2.24. The van der Waals surface area contributed by atoms with Crippen LogP contribution in [0, 0.1) is 6.92 Å². The van der Waals surface area contributed by atoms with Gasteiger partial charge in [0, 0.05) is 11.9 Å². The lowest BCUT2D eigenvalue weighted by atomic mass is 10.1. The van der Waals surface area contributed by atoms with E-state index in [0.29, 0.717) is 5.56 Å². The van der Waals surface area contributed by atoms with Gasteiger partial charge in [-0.05, 0) is 49.1 Å². The van der Waals surface area contributed by atoms with Gasteiger partial charge < -0.3 is 5.32 Å². The van der Waals surface area contributed by atoms with Crippen molar-refractivity contribution in [2.24, 2.45) is 5.14 Å². The standard InChI is InChI=1S/C15H17N3O2S/c1-10-12(5-2-6-14(10)21(16,19)20)18-13-8-7-11-4-3-9-17-15(11)13/h2-6,9,13,18H,7-8H2,1H3,(H2,16,19,20). The normalized spacial score (nSPS) is 17.5. The third-order valence-electron chi connectivity index (χ3n) is 3.88. The van der Waals surface area contributed by atoms with Gasteiger partial charge in [-0.3, -0.25) is 4.98 Å². The minimum atomic E-state index is -3.71. The van der Waals surface area contributed by atoms with Crippen molar-refractivity contribution in [1.29, 1.82) is 0 Å². The van der Waals surface area contributed by atoms with Crippen LogP contribution in [0.5, 0.6) is 0 Å². The smallest absolute Gasteiger partial charge is 0.238 e. The fourth-order valence-electron chi connectivity index (χ4n) is 2.82. The fraction of sp³-hybridized carbons (Fsp3) is 0.267. The van der Waals surface area contributed by atoms with Crippen molar-refractivity contribution in [3.8, 4) is 0 Å². The molecule has 6 heteroatoms. The molecule has 5 nitrogen and oxygen atoms in total. The van der Waals surface area contributed by atoms with Crippen LogP contribution in [0.4, 0.5) is 5.69 Å². The Bertz CT molecular complexity index is 787. The van der Waals surface area contributed by atoms with E-state index in [1.807, 2.05) is 12.1 Å². The van der Waals surface area contributed by atoms with Gasteiger partial charge in [-0.1, -0.05) is 12.1 Å². The van der Waals surface area contributed by atoms with E-state index < -0.39 is 10.0 Å². The van der Waals surface area contributed by atoms with Crippen molar-refractivity contribution in [2.75, 3.05) is 5.32 Å². The average Bonchev–Trinajstić information content (AvgIpc) is 2.83. The molecule has 1 unspecified atom stereocenters. The molecule has 0 spiro atoms. The number of anilines is 1. The SMILES string of the molecule is Cc1c(NC2CCc3cccnc32)cccc1S(N)(=O)=O. The molecule has 1 aliphatic rings. The van der Waals surface area contributed by atoms with Crippen LogP contribution in [-0.2, 0) is 16.4 Å². The van der Waals surface area contributed by atoms with Crippen LogP contribution in [0.1, 0.15) is 29.3 Å². The van der Waals surface area contributed by atoms with Gasteiger partial charge in [0.05, 0.1) is 16.6 Å². The zero-order valence-corrected chi connectivity index (χ0v) is 12.5. The van der Waals surface area contributed by atoms with Gasteiger partial charge in [0.25, 0.3) is 0 Å². The molecule has 0 aliphatic heterocycles. The van der Waals surface area contributed by atoms with Crippen LogP contribution in [0.2, 0.25) is 0 Å². The lowest BCUT2D eigenvalue weighted by Gasteiger charge is -2.17. The quantitative estimate of drug-likeness (QED) is 0.909. The van der Waals surface area contributed by atoms with Crippen molar-refractivity contribution in [3.05, 3.63) is 53.3 Å². The number of rotatable bonds is 3. The first-order valence-corrected chi connectivity index (χ1v) is 8.34. The lowest BCUT2D eigenvalue weighted by Crippen LogP contribution is -2.16. The zero-order chi connectivity index (χ0) is 15.0. The van der Waals surface area contributed by atoms with Crippen LogP contribution >= 0.6 is 0 Å². The molecule has 1 aromatic heterocycles. The van der Waals surface area contributed by atoms with Crippen molar-refractivity contribution in [3.63, 3.8) is 0 Å². The van der Waals surface area contributed by atoms with Crippen LogP contribution in [0.15, 0.2) is 41.4 Å². The Labute approximate surface area is 124 Å². The maximum atomic E-state index is 11.6. The number of aromatic nitrogens is 1. The van der Waals surface area contributed by atoms with Gasteiger partial charge in [-0.25, -0.2) is 13.6 Å². The Morgan fingerprint density at radius 3 is 2.86 bits per heavy atom. The highest BCUT2D eigenvalue weighted by Crippen LogP contribution is 2.33. The summed E-state index contributed by atoms with van der Waals surface area (Å²) in [6, 6.07) is 9.21. The van der Waals surface area contributed by atoms with E-state index in [1.165, 1.54) is 11.6 Å². The molecule has 110 valence electrons. The monoisotopic (exact) mass is 303 g/mol. The number of aryl methyl sites for hydroxylation is 1. The van der Waals surface area contributed by atoms with Gasteiger partial charge in [0.2, 0.25) is 10.0 Å². The van der Waals surface area contributed by atoms with Crippen molar-refractivity contribution in [2.45, 2.75) is 30.7 Å². The second kappa shape index (κ2) is 5.13. The van der Waals surface area contributed by atoms with Gasteiger partial charge in [-0.2, -0.15) is 0 Å². The van der Waals surface area contributed by atoms with Gasteiger partial charge in [0.1, 0.15) is 0 Å². The van der Waals surface area contributed by atoms with Gasteiger partial charge >= 0.3 is 0 Å². The number of nitrogens with zero attached hydrogens (tertiary/aromatic N) is 1. The third-order valence-corrected chi connectivity index (χ3v) is 4.93. The number of pyridine rings is 1. The Kier molecular flexibility index (Phi) is 3.43. The number of nitrogens with one attached hydrogen (secondary N) is 1. The topological polar surface area (TPSA) is 85.1 Å². The molecular formula is C15H17N3O2S. The van der Waals surface area contributed by atoms with E-state index in [2.05, 4.69) is 16.4 Å². The van der Waals surface area contributed by atoms with E-state index in [4.69, 9.17) is 5.14 Å². The number of fused-ring (bicyclic) bond motifs is 1. The van der Waals surface area contributed by atoms with E-state index in [0.717, 1.165) is 24.2 Å². The number of hydrogen-bond donors (Lipinski definition) is 2. The summed E-state index contributed by atoms with van der Waals surface area (Å²) in [5, 5.41) is 8.64. The van der Waals surface area contributed by atoms with Crippen molar-refractivity contribution >= 4 is 15.7 Å². The third kappa shape index (κ3) is 2.64. The molecule has 2 aromatic rings. The summed E-state index contributed by atoms with van der Waals surface area (Å²) in [6.45, 7) is 1.76. The lowest BCUT2D eigenvalue weighted by molar-refractivity contribution is 0.597. The first-order valence-electron chi connectivity index (χ1n) is 6.79. The minimum Gasteiger partial charge on any atom is -0.376 e. The second-order valence-corrected chi connectivity index (χ2v) is 6.79.